The average Bonchev–Trinajstić information content (AvgIpc) is 2.43. The highest BCUT2D eigenvalue weighted by atomic mass is 79.9. The predicted octanol–water partition coefficient (Wildman–Crippen LogP) is 3.95. The van der Waals surface area contributed by atoms with Crippen LogP contribution in [0.25, 0.3) is 0 Å². The molecular weight excluding hydrogens is 319 g/mol. The molecule has 0 saturated heterocycles. The third kappa shape index (κ3) is 3.45. The Balaban J connectivity index is 2.28. The normalized spacial score (nSPS) is 12.4. The Labute approximate surface area is 127 Å². The molecule has 4 heteroatoms. The molecule has 2 aromatic carbocycles. The Morgan fingerprint density at radius 1 is 1.20 bits per heavy atom. The van der Waals surface area contributed by atoms with Gasteiger partial charge in [0.2, 0.25) is 0 Å². The van der Waals surface area contributed by atoms with E-state index in [1.54, 1.807) is 12.1 Å². The van der Waals surface area contributed by atoms with E-state index in [1.165, 1.54) is 22.8 Å². The minimum Gasteiger partial charge on any atom is -0.271 e. The maximum absolute atomic E-state index is 13.3. The molecule has 0 aliphatic carbocycles. The van der Waals surface area contributed by atoms with Gasteiger partial charge in [0.1, 0.15) is 5.82 Å². The molecule has 0 aliphatic rings. The molecule has 0 aliphatic heterocycles. The van der Waals surface area contributed by atoms with Gasteiger partial charge in [-0.25, -0.2) is 4.39 Å². The Bertz CT molecular complexity index is 613. The van der Waals surface area contributed by atoms with Gasteiger partial charge in [0.25, 0.3) is 0 Å². The first-order valence-corrected chi connectivity index (χ1v) is 7.27. The average molecular weight is 337 g/mol. The van der Waals surface area contributed by atoms with Crippen molar-refractivity contribution in [3.05, 3.63) is 68.9 Å². The molecule has 2 nitrogen and oxygen atoms in total. The molecule has 2 rings (SSSR count). The van der Waals surface area contributed by atoms with Crippen LogP contribution in [0.3, 0.4) is 0 Å². The number of hydrogen-bond acceptors (Lipinski definition) is 2. The highest BCUT2D eigenvalue weighted by Crippen LogP contribution is 2.24. The van der Waals surface area contributed by atoms with Crippen molar-refractivity contribution >= 4 is 15.9 Å². The fourth-order valence-corrected chi connectivity index (χ4v) is 2.72. The quantitative estimate of drug-likeness (QED) is 0.655. The minimum absolute atomic E-state index is 0.00672. The molecule has 3 N–H and O–H groups in total. The van der Waals surface area contributed by atoms with Gasteiger partial charge < -0.3 is 0 Å². The van der Waals surface area contributed by atoms with Crippen LogP contribution in [0.2, 0.25) is 0 Å². The summed E-state index contributed by atoms with van der Waals surface area (Å²) in [6.45, 7) is 4.13. The van der Waals surface area contributed by atoms with Gasteiger partial charge in [-0.3, -0.25) is 11.3 Å². The first-order chi connectivity index (χ1) is 9.51. The molecule has 2 aromatic rings. The van der Waals surface area contributed by atoms with Crippen LogP contribution < -0.4 is 11.3 Å². The molecular formula is C16H18BrFN2. The lowest BCUT2D eigenvalue weighted by molar-refractivity contribution is 0.547. The summed E-state index contributed by atoms with van der Waals surface area (Å²) in [4.78, 5) is 0. The lowest BCUT2D eigenvalue weighted by atomic mass is 9.94. The monoisotopic (exact) mass is 336 g/mol. The van der Waals surface area contributed by atoms with E-state index in [0.717, 1.165) is 5.56 Å². The van der Waals surface area contributed by atoms with Crippen molar-refractivity contribution < 1.29 is 4.39 Å². The molecule has 0 fully saturated rings. The van der Waals surface area contributed by atoms with Gasteiger partial charge in [-0.05, 0) is 65.0 Å². The first-order valence-electron chi connectivity index (χ1n) is 6.48. The number of nitrogens with two attached hydrogens (primary N) is 1. The van der Waals surface area contributed by atoms with Crippen LogP contribution in [0.4, 0.5) is 4.39 Å². The molecule has 0 spiro atoms. The van der Waals surface area contributed by atoms with E-state index < -0.39 is 0 Å². The van der Waals surface area contributed by atoms with Crippen molar-refractivity contribution in [2.75, 3.05) is 0 Å². The second kappa shape index (κ2) is 6.48. The summed E-state index contributed by atoms with van der Waals surface area (Å²) in [5.41, 5.74) is 7.46. The SMILES string of the molecule is Cc1ccc(C)c(C(Cc2ccc(F)c(Br)c2)NN)c1. The smallest absolute Gasteiger partial charge is 0.137 e. The van der Waals surface area contributed by atoms with E-state index in [0.29, 0.717) is 10.9 Å². The maximum atomic E-state index is 13.3. The molecule has 20 heavy (non-hydrogen) atoms. The van der Waals surface area contributed by atoms with Crippen LogP contribution in [0.1, 0.15) is 28.3 Å². The molecule has 106 valence electrons. The van der Waals surface area contributed by atoms with Crippen molar-refractivity contribution in [3.63, 3.8) is 0 Å². The highest BCUT2D eigenvalue weighted by molar-refractivity contribution is 9.10. The van der Waals surface area contributed by atoms with Gasteiger partial charge in [0, 0.05) is 0 Å². The number of hydrazine groups is 1. The van der Waals surface area contributed by atoms with Gasteiger partial charge >= 0.3 is 0 Å². The van der Waals surface area contributed by atoms with Crippen molar-refractivity contribution in [1.29, 1.82) is 0 Å². The van der Waals surface area contributed by atoms with E-state index in [9.17, 15) is 4.39 Å². The molecule has 0 saturated carbocycles. The fourth-order valence-electron chi connectivity index (χ4n) is 2.30. The van der Waals surface area contributed by atoms with Crippen LogP contribution in [-0.2, 0) is 6.42 Å². The van der Waals surface area contributed by atoms with Crippen LogP contribution in [0, 0.1) is 19.7 Å². The molecule has 0 amide bonds. The zero-order chi connectivity index (χ0) is 14.7. The first kappa shape index (κ1) is 15.2. The van der Waals surface area contributed by atoms with E-state index in [1.807, 2.05) is 0 Å². The van der Waals surface area contributed by atoms with Gasteiger partial charge in [0.15, 0.2) is 0 Å². The summed E-state index contributed by atoms with van der Waals surface area (Å²) in [5, 5.41) is 0. The largest absolute Gasteiger partial charge is 0.271 e. The van der Waals surface area contributed by atoms with E-state index >= 15 is 0 Å². The van der Waals surface area contributed by atoms with Gasteiger partial charge in [-0.2, -0.15) is 0 Å². The molecule has 0 bridgehead atoms. The maximum Gasteiger partial charge on any atom is 0.137 e. The van der Waals surface area contributed by atoms with Gasteiger partial charge in [0.05, 0.1) is 10.5 Å². The zero-order valence-corrected chi connectivity index (χ0v) is 13.2. The third-order valence-corrected chi connectivity index (χ3v) is 4.04. The highest BCUT2D eigenvalue weighted by Gasteiger charge is 2.14. The molecule has 0 radical (unpaired) electrons. The van der Waals surface area contributed by atoms with E-state index in [-0.39, 0.29) is 11.9 Å². The van der Waals surface area contributed by atoms with Crippen molar-refractivity contribution in [3.8, 4) is 0 Å². The predicted molar refractivity (Wildman–Crippen MR) is 83.8 cm³/mol. The van der Waals surface area contributed by atoms with Crippen LogP contribution in [0.15, 0.2) is 40.9 Å². The Morgan fingerprint density at radius 2 is 1.95 bits per heavy atom. The minimum atomic E-state index is -0.252. The lowest BCUT2D eigenvalue weighted by Crippen LogP contribution is -2.30. The van der Waals surface area contributed by atoms with Gasteiger partial charge in [-0.15, -0.1) is 0 Å². The summed E-state index contributed by atoms with van der Waals surface area (Å²) >= 11 is 3.21. The second-order valence-corrected chi connectivity index (χ2v) is 5.89. The number of aryl methyl sites for hydroxylation is 2. The summed E-state index contributed by atoms with van der Waals surface area (Å²) in [6, 6.07) is 11.4. The Hall–Kier alpha value is -1.23. The number of halogens is 2. The molecule has 1 atom stereocenters. The second-order valence-electron chi connectivity index (χ2n) is 5.03. The molecule has 0 heterocycles. The van der Waals surface area contributed by atoms with E-state index in [4.69, 9.17) is 5.84 Å². The Kier molecular flexibility index (Phi) is 4.91. The number of hydrogen-bond donors (Lipinski definition) is 2. The van der Waals surface area contributed by atoms with E-state index in [2.05, 4.69) is 53.4 Å². The molecule has 0 aromatic heterocycles. The summed E-state index contributed by atoms with van der Waals surface area (Å²) in [7, 11) is 0. The summed E-state index contributed by atoms with van der Waals surface area (Å²) < 4.78 is 13.7. The number of rotatable bonds is 4. The Morgan fingerprint density at radius 3 is 2.60 bits per heavy atom. The third-order valence-electron chi connectivity index (χ3n) is 3.44. The standard InChI is InChI=1S/C16H18BrFN2/c1-10-3-4-11(2)13(7-10)16(20-19)9-12-5-6-15(18)14(17)8-12/h3-8,16,20H,9,19H2,1-2H3. The summed E-state index contributed by atoms with van der Waals surface area (Å²) in [5.74, 6) is 5.45. The van der Waals surface area contributed by atoms with Crippen molar-refractivity contribution in [1.82, 2.24) is 5.43 Å². The molecule has 1 unspecified atom stereocenters. The number of benzene rings is 2. The van der Waals surface area contributed by atoms with Crippen molar-refractivity contribution in [2.24, 2.45) is 5.84 Å². The van der Waals surface area contributed by atoms with Crippen molar-refractivity contribution in [2.45, 2.75) is 26.3 Å². The summed E-state index contributed by atoms with van der Waals surface area (Å²) in [6.07, 6.45) is 0.708. The number of nitrogens with one attached hydrogen (secondary N) is 1. The van der Waals surface area contributed by atoms with Crippen LogP contribution >= 0.6 is 15.9 Å². The fraction of sp³-hybridized carbons (Fsp3) is 0.250. The topological polar surface area (TPSA) is 38.0 Å². The van der Waals surface area contributed by atoms with Crippen LogP contribution in [-0.4, -0.2) is 0 Å². The van der Waals surface area contributed by atoms with Crippen LogP contribution in [0.5, 0.6) is 0 Å². The lowest BCUT2D eigenvalue weighted by Gasteiger charge is -2.19. The zero-order valence-electron chi connectivity index (χ0n) is 11.6. The van der Waals surface area contributed by atoms with Gasteiger partial charge in [-0.1, -0.05) is 29.8 Å².